The lowest BCUT2D eigenvalue weighted by Crippen LogP contribution is -2.63. The standard InChI is InChI=1S/C33H42FN5O6/c1-31(2,3)45-30(43)36-32(4,5)28(41)35-25(20-44-19-23-10-8-7-9-11-23)27(40)39-17-16-26-33(21-39,29(42)38(6)37-26)18-22-12-14-24(34)15-13-22/h7-15,25H,16-21H2,1-6H3,(H,35,41)(H,36,43)/t25-,33+/m1/s1. The van der Waals surface area contributed by atoms with Gasteiger partial charge >= 0.3 is 6.09 Å². The SMILES string of the molecule is CN1N=C2CCN(C(=O)[C@@H](COCc3ccccc3)NC(=O)C(C)(C)NC(=O)OC(C)(C)C)C[C@]2(Cc2ccc(F)cc2)C1=O. The number of nitrogens with zero attached hydrogens (tertiary/aromatic N) is 3. The second-order valence-corrected chi connectivity index (χ2v) is 13.0. The number of carbonyl (C=O) groups is 4. The number of hydrazone groups is 1. The molecule has 0 saturated carbocycles. The van der Waals surface area contributed by atoms with Gasteiger partial charge in [-0.2, -0.15) is 5.10 Å². The molecule has 2 aliphatic heterocycles. The van der Waals surface area contributed by atoms with Crippen LogP contribution in [0.3, 0.4) is 0 Å². The van der Waals surface area contributed by atoms with Crippen LogP contribution in [-0.2, 0) is 36.9 Å². The van der Waals surface area contributed by atoms with Gasteiger partial charge < -0.3 is 25.0 Å². The van der Waals surface area contributed by atoms with Crippen molar-refractivity contribution in [1.29, 1.82) is 0 Å². The van der Waals surface area contributed by atoms with Crippen LogP contribution in [0.1, 0.15) is 52.2 Å². The fourth-order valence-electron chi connectivity index (χ4n) is 5.44. The number of carbonyl (C=O) groups excluding carboxylic acids is 4. The molecule has 0 aliphatic carbocycles. The highest BCUT2D eigenvalue weighted by molar-refractivity contribution is 6.13. The minimum absolute atomic E-state index is 0.0236. The first-order valence-electron chi connectivity index (χ1n) is 14.9. The van der Waals surface area contributed by atoms with E-state index < -0.39 is 46.3 Å². The summed E-state index contributed by atoms with van der Waals surface area (Å²) in [7, 11) is 1.58. The highest BCUT2D eigenvalue weighted by Crippen LogP contribution is 2.38. The van der Waals surface area contributed by atoms with E-state index in [1.165, 1.54) is 31.0 Å². The van der Waals surface area contributed by atoms with Crippen molar-refractivity contribution in [2.75, 3.05) is 26.7 Å². The molecule has 12 heteroatoms. The number of rotatable bonds is 10. The molecule has 0 bridgehead atoms. The summed E-state index contributed by atoms with van der Waals surface area (Å²) < 4.78 is 24.9. The molecule has 11 nitrogen and oxygen atoms in total. The predicted molar refractivity (Wildman–Crippen MR) is 165 cm³/mol. The monoisotopic (exact) mass is 623 g/mol. The minimum atomic E-state index is -1.43. The number of fused-ring (bicyclic) bond motifs is 1. The molecule has 4 amide bonds. The Morgan fingerprint density at radius 2 is 1.69 bits per heavy atom. The Morgan fingerprint density at radius 3 is 2.33 bits per heavy atom. The summed E-state index contributed by atoms with van der Waals surface area (Å²) in [6.07, 6.45) is -0.200. The Labute approximate surface area is 263 Å². The largest absolute Gasteiger partial charge is 0.444 e. The summed E-state index contributed by atoms with van der Waals surface area (Å²) in [6.45, 7) is 8.49. The summed E-state index contributed by atoms with van der Waals surface area (Å²) >= 11 is 0. The molecule has 0 unspecified atom stereocenters. The molecule has 0 spiro atoms. The van der Waals surface area contributed by atoms with Gasteiger partial charge in [0, 0.05) is 26.6 Å². The van der Waals surface area contributed by atoms with E-state index in [0.29, 0.717) is 12.1 Å². The molecule has 242 valence electrons. The quantitative estimate of drug-likeness (QED) is 0.417. The molecule has 2 aliphatic rings. The van der Waals surface area contributed by atoms with E-state index in [-0.39, 0.29) is 38.6 Å². The van der Waals surface area contributed by atoms with E-state index in [1.54, 1.807) is 44.9 Å². The van der Waals surface area contributed by atoms with Crippen LogP contribution in [0.5, 0.6) is 0 Å². The summed E-state index contributed by atoms with van der Waals surface area (Å²) in [5.41, 5.74) is -1.06. The molecule has 1 fully saturated rings. The van der Waals surface area contributed by atoms with Crippen LogP contribution in [0, 0.1) is 11.2 Å². The third-order valence-corrected chi connectivity index (χ3v) is 7.72. The number of nitrogens with one attached hydrogen (secondary N) is 2. The number of hydrogen-bond acceptors (Lipinski definition) is 7. The zero-order valence-corrected chi connectivity index (χ0v) is 26.7. The first-order valence-corrected chi connectivity index (χ1v) is 14.9. The third kappa shape index (κ3) is 8.24. The number of piperidine rings is 1. The van der Waals surface area contributed by atoms with Crippen molar-refractivity contribution in [2.24, 2.45) is 10.5 Å². The zero-order chi connectivity index (χ0) is 33.0. The number of halogens is 1. The lowest BCUT2D eigenvalue weighted by molar-refractivity contribution is -0.144. The summed E-state index contributed by atoms with van der Waals surface area (Å²) in [6, 6.07) is 14.2. The Bertz CT molecular complexity index is 1440. The van der Waals surface area contributed by atoms with Crippen molar-refractivity contribution in [2.45, 2.75) is 71.2 Å². The van der Waals surface area contributed by atoms with Crippen molar-refractivity contribution in [1.82, 2.24) is 20.5 Å². The second-order valence-electron chi connectivity index (χ2n) is 13.0. The van der Waals surface area contributed by atoms with E-state index in [4.69, 9.17) is 9.47 Å². The number of ether oxygens (including phenoxy) is 2. The second kappa shape index (κ2) is 13.4. The third-order valence-electron chi connectivity index (χ3n) is 7.72. The van der Waals surface area contributed by atoms with Gasteiger partial charge in [-0.25, -0.2) is 14.2 Å². The first-order chi connectivity index (χ1) is 21.1. The lowest BCUT2D eigenvalue weighted by atomic mass is 9.73. The maximum absolute atomic E-state index is 14.1. The topological polar surface area (TPSA) is 130 Å². The molecule has 2 N–H and O–H groups in total. The molecule has 0 radical (unpaired) electrons. The summed E-state index contributed by atoms with van der Waals surface area (Å²) in [5.74, 6) is -1.71. The lowest BCUT2D eigenvalue weighted by Gasteiger charge is -2.41. The van der Waals surface area contributed by atoms with Gasteiger partial charge in [0.15, 0.2) is 0 Å². The van der Waals surface area contributed by atoms with Crippen molar-refractivity contribution in [3.05, 3.63) is 71.5 Å². The van der Waals surface area contributed by atoms with E-state index in [9.17, 15) is 23.6 Å². The average Bonchev–Trinajstić information content (AvgIpc) is 3.21. The Morgan fingerprint density at radius 1 is 1.02 bits per heavy atom. The normalized spacial score (nSPS) is 19.0. The smallest absolute Gasteiger partial charge is 0.408 e. The number of benzene rings is 2. The van der Waals surface area contributed by atoms with Gasteiger partial charge in [0.25, 0.3) is 5.91 Å². The van der Waals surface area contributed by atoms with Gasteiger partial charge in [-0.15, -0.1) is 0 Å². The number of hydrogen-bond donors (Lipinski definition) is 2. The van der Waals surface area contributed by atoms with E-state index in [0.717, 1.165) is 11.1 Å². The van der Waals surface area contributed by atoms with Crippen molar-refractivity contribution < 1.29 is 33.0 Å². The zero-order valence-electron chi connectivity index (χ0n) is 26.7. The van der Waals surface area contributed by atoms with Crippen LogP contribution < -0.4 is 10.6 Å². The minimum Gasteiger partial charge on any atom is -0.444 e. The van der Waals surface area contributed by atoms with Crippen LogP contribution in [-0.4, -0.2) is 83.4 Å². The molecule has 2 aromatic rings. The maximum Gasteiger partial charge on any atom is 0.408 e. The van der Waals surface area contributed by atoms with Gasteiger partial charge in [0.05, 0.1) is 18.9 Å². The van der Waals surface area contributed by atoms with Crippen LogP contribution in [0.25, 0.3) is 0 Å². The average molecular weight is 624 g/mol. The maximum atomic E-state index is 14.1. The molecule has 45 heavy (non-hydrogen) atoms. The fraction of sp³-hybridized carbons (Fsp3) is 0.485. The number of alkyl carbamates (subject to hydrolysis) is 1. The predicted octanol–water partition coefficient (Wildman–Crippen LogP) is 3.42. The molecule has 2 aromatic carbocycles. The van der Waals surface area contributed by atoms with E-state index in [2.05, 4.69) is 15.7 Å². The Kier molecular flexibility index (Phi) is 9.96. The molecule has 2 heterocycles. The fourth-order valence-corrected chi connectivity index (χ4v) is 5.44. The van der Waals surface area contributed by atoms with Crippen LogP contribution in [0.15, 0.2) is 59.7 Å². The van der Waals surface area contributed by atoms with Crippen LogP contribution >= 0.6 is 0 Å². The Balaban J connectivity index is 1.55. The van der Waals surface area contributed by atoms with E-state index >= 15 is 0 Å². The highest BCUT2D eigenvalue weighted by atomic mass is 19.1. The van der Waals surface area contributed by atoms with E-state index in [1.807, 2.05) is 30.3 Å². The van der Waals surface area contributed by atoms with Crippen molar-refractivity contribution >= 4 is 29.5 Å². The Hall–Kier alpha value is -4.32. The summed E-state index contributed by atoms with van der Waals surface area (Å²) in [5, 5.41) is 11.1. The van der Waals surface area contributed by atoms with Crippen LogP contribution in [0.2, 0.25) is 0 Å². The van der Waals surface area contributed by atoms with Crippen molar-refractivity contribution in [3.63, 3.8) is 0 Å². The summed E-state index contributed by atoms with van der Waals surface area (Å²) in [4.78, 5) is 55.2. The number of likely N-dealkylation sites (tertiary alicyclic amines) is 1. The molecular formula is C33H42FN5O6. The van der Waals surface area contributed by atoms with Gasteiger partial charge in [0.1, 0.15) is 28.4 Å². The van der Waals surface area contributed by atoms with Gasteiger partial charge in [-0.3, -0.25) is 14.4 Å². The number of amides is 4. The molecular weight excluding hydrogens is 581 g/mol. The van der Waals surface area contributed by atoms with Gasteiger partial charge in [-0.05, 0) is 64.3 Å². The molecule has 0 aromatic heterocycles. The first kappa shape index (κ1) is 33.6. The van der Waals surface area contributed by atoms with Gasteiger partial charge in [0.2, 0.25) is 11.8 Å². The molecule has 2 atom stereocenters. The highest BCUT2D eigenvalue weighted by Gasteiger charge is 2.54. The van der Waals surface area contributed by atoms with Gasteiger partial charge in [-0.1, -0.05) is 42.5 Å². The molecule has 1 saturated heterocycles. The molecule has 4 rings (SSSR count). The van der Waals surface area contributed by atoms with Crippen molar-refractivity contribution in [3.8, 4) is 0 Å². The van der Waals surface area contributed by atoms with Crippen LogP contribution in [0.4, 0.5) is 9.18 Å².